The Labute approximate surface area is 247 Å². The second kappa shape index (κ2) is 11.0. The second-order valence-electron chi connectivity index (χ2n) is 10.1. The van der Waals surface area contributed by atoms with Crippen LogP contribution >= 0.6 is 11.6 Å². The minimum atomic E-state index is -4.62. The summed E-state index contributed by atoms with van der Waals surface area (Å²) in [6.07, 6.45) is -3.02. The normalized spacial score (nSPS) is 14.5. The highest BCUT2D eigenvalue weighted by Gasteiger charge is 2.32. The van der Waals surface area contributed by atoms with Crippen LogP contribution in [0, 0.1) is 12.7 Å². The molecule has 2 aromatic carbocycles. The Bertz CT molecular complexity index is 1870. The van der Waals surface area contributed by atoms with Crippen LogP contribution in [0.4, 0.5) is 17.6 Å². The summed E-state index contributed by atoms with van der Waals surface area (Å²) in [4.78, 5) is 25.9. The molecule has 9 nitrogen and oxygen atoms in total. The average Bonchev–Trinajstić information content (AvgIpc) is 3.29. The number of fused-ring (bicyclic) bond motifs is 3. The zero-order valence-corrected chi connectivity index (χ0v) is 23.5. The molecule has 5 aromatic rings. The summed E-state index contributed by atoms with van der Waals surface area (Å²) < 4.78 is 62.1. The van der Waals surface area contributed by atoms with Crippen LogP contribution < -0.4 is 15.5 Å². The molecular formula is C29H24ClF4N7O2. The number of ether oxygens (including phenoxy) is 1. The van der Waals surface area contributed by atoms with Gasteiger partial charge in [-0.05, 0) is 31.2 Å². The number of aryl methyl sites for hydroxylation is 1. The standard InChI is InChI=1S/C29H24ClF4N7O2/c1-16-37-24-14-36-23-13-22(31)19(12-20(23)28(24)41(16)40-9-7-39(8-10-40)15-26(35)42)18-6-5-17(11-21(18)30)43-27-4-2-3-25(38-27)29(32,33)34/h2-6,11-14H,7-10,15H2,1H3,(H2,35,42). The van der Waals surface area contributed by atoms with E-state index < -0.39 is 17.7 Å². The van der Waals surface area contributed by atoms with E-state index in [1.54, 1.807) is 12.3 Å². The van der Waals surface area contributed by atoms with E-state index in [-0.39, 0.29) is 34.7 Å². The number of carbonyl (C=O) groups excluding carboxylic acids is 1. The number of primary amides is 1. The van der Waals surface area contributed by atoms with E-state index in [4.69, 9.17) is 22.1 Å². The Morgan fingerprint density at radius 1 is 1.02 bits per heavy atom. The summed E-state index contributed by atoms with van der Waals surface area (Å²) in [5.41, 5.74) is 6.62. The number of rotatable bonds is 6. The molecule has 1 amide bonds. The molecule has 1 saturated heterocycles. The van der Waals surface area contributed by atoms with Crippen LogP contribution in [0.25, 0.3) is 33.1 Å². The number of halogens is 5. The molecule has 0 radical (unpaired) electrons. The van der Waals surface area contributed by atoms with E-state index in [0.29, 0.717) is 48.2 Å². The topological polar surface area (TPSA) is 102 Å². The molecule has 0 atom stereocenters. The highest BCUT2D eigenvalue weighted by Crippen LogP contribution is 2.37. The SMILES string of the molecule is Cc1nc2cnc3cc(F)c(-c4ccc(Oc5cccc(C(F)(F)F)n5)cc4Cl)cc3c2n1N1CCN(CC(N)=O)CC1. The first kappa shape index (κ1) is 28.6. The van der Waals surface area contributed by atoms with Crippen molar-refractivity contribution >= 4 is 39.4 Å². The monoisotopic (exact) mass is 613 g/mol. The minimum absolute atomic E-state index is 0.123. The Morgan fingerprint density at radius 2 is 1.79 bits per heavy atom. The summed E-state index contributed by atoms with van der Waals surface area (Å²) in [5.74, 6) is -0.341. The number of nitrogens with two attached hydrogens (primary N) is 1. The fourth-order valence-corrected chi connectivity index (χ4v) is 5.55. The van der Waals surface area contributed by atoms with Crippen LogP contribution in [-0.2, 0) is 11.0 Å². The number of nitrogens with zero attached hydrogens (tertiary/aromatic N) is 6. The highest BCUT2D eigenvalue weighted by atomic mass is 35.5. The van der Waals surface area contributed by atoms with Crippen molar-refractivity contribution < 1.29 is 27.1 Å². The van der Waals surface area contributed by atoms with E-state index in [1.807, 2.05) is 16.5 Å². The quantitative estimate of drug-likeness (QED) is 0.259. The van der Waals surface area contributed by atoms with E-state index in [1.165, 1.54) is 36.4 Å². The number of imidazole rings is 1. The lowest BCUT2D eigenvalue weighted by Crippen LogP contribution is -2.53. The van der Waals surface area contributed by atoms with Crippen molar-refractivity contribution in [3.05, 3.63) is 77.1 Å². The van der Waals surface area contributed by atoms with Gasteiger partial charge in [0.05, 0.1) is 23.3 Å². The predicted molar refractivity (Wildman–Crippen MR) is 153 cm³/mol. The van der Waals surface area contributed by atoms with Gasteiger partial charge in [-0.15, -0.1) is 0 Å². The molecule has 1 aliphatic rings. The molecule has 6 rings (SSSR count). The van der Waals surface area contributed by atoms with Crippen LogP contribution in [0.2, 0.25) is 5.02 Å². The lowest BCUT2D eigenvalue weighted by atomic mass is 10.0. The van der Waals surface area contributed by atoms with Crippen molar-refractivity contribution in [2.75, 3.05) is 37.7 Å². The number of piperazine rings is 1. The van der Waals surface area contributed by atoms with Gasteiger partial charge in [-0.2, -0.15) is 13.2 Å². The first-order chi connectivity index (χ1) is 20.5. The van der Waals surface area contributed by atoms with Crippen LogP contribution in [-0.4, -0.2) is 63.2 Å². The first-order valence-corrected chi connectivity index (χ1v) is 13.6. The first-order valence-electron chi connectivity index (χ1n) is 13.2. The van der Waals surface area contributed by atoms with Crippen LogP contribution in [0.15, 0.2) is 54.7 Å². The number of amides is 1. The molecule has 0 aliphatic carbocycles. The van der Waals surface area contributed by atoms with Crippen molar-refractivity contribution in [2.45, 2.75) is 13.1 Å². The average molecular weight is 614 g/mol. The Morgan fingerprint density at radius 3 is 2.49 bits per heavy atom. The largest absolute Gasteiger partial charge is 0.439 e. The Balaban J connectivity index is 1.36. The maximum atomic E-state index is 15.5. The molecule has 1 aliphatic heterocycles. The third kappa shape index (κ3) is 5.65. The zero-order valence-electron chi connectivity index (χ0n) is 22.7. The Hall–Kier alpha value is -4.49. The second-order valence-corrected chi connectivity index (χ2v) is 10.5. The molecule has 2 N–H and O–H groups in total. The number of alkyl halides is 3. The van der Waals surface area contributed by atoms with Crippen LogP contribution in [0.3, 0.4) is 0 Å². The van der Waals surface area contributed by atoms with Gasteiger partial charge in [0, 0.05) is 60.9 Å². The molecule has 43 heavy (non-hydrogen) atoms. The Kier molecular flexibility index (Phi) is 7.30. The molecule has 4 heterocycles. The van der Waals surface area contributed by atoms with Gasteiger partial charge in [-0.1, -0.05) is 17.7 Å². The van der Waals surface area contributed by atoms with E-state index in [0.717, 1.165) is 17.4 Å². The van der Waals surface area contributed by atoms with E-state index in [2.05, 4.69) is 20.0 Å². The molecule has 0 saturated carbocycles. The number of aromatic nitrogens is 4. The molecule has 222 valence electrons. The van der Waals surface area contributed by atoms with Gasteiger partial charge in [0.15, 0.2) is 0 Å². The summed E-state index contributed by atoms with van der Waals surface area (Å²) >= 11 is 6.56. The molecule has 3 aromatic heterocycles. The molecular weight excluding hydrogens is 590 g/mol. The van der Waals surface area contributed by atoms with Gasteiger partial charge >= 0.3 is 6.18 Å². The van der Waals surface area contributed by atoms with Crippen molar-refractivity contribution in [2.24, 2.45) is 5.73 Å². The summed E-state index contributed by atoms with van der Waals surface area (Å²) in [6.45, 7) is 4.56. The van der Waals surface area contributed by atoms with E-state index >= 15 is 4.39 Å². The van der Waals surface area contributed by atoms with Crippen molar-refractivity contribution in [1.29, 1.82) is 0 Å². The summed E-state index contributed by atoms with van der Waals surface area (Å²) in [6, 6.07) is 10.7. The molecule has 14 heteroatoms. The molecule has 0 spiro atoms. The summed E-state index contributed by atoms with van der Waals surface area (Å²) in [5, 5.41) is 2.89. The highest BCUT2D eigenvalue weighted by molar-refractivity contribution is 6.33. The number of hydrogen-bond donors (Lipinski definition) is 1. The van der Waals surface area contributed by atoms with Crippen molar-refractivity contribution in [3.8, 4) is 22.8 Å². The number of pyridine rings is 2. The molecule has 1 fully saturated rings. The van der Waals surface area contributed by atoms with Gasteiger partial charge < -0.3 is 15.5 Å². The van der Waals surface area contributed by atoms with Gasteiger partial charge in [0.1, 0.15) is 34.1 Å². The lowest BCUT2D eigenvalue weighted by Gasteiger charge is -2.36. The maximum absolute atomic E-state index is 15.5. The van der Waals surface area contributed by atoms with Gasteiger partial charge in [-0.3, -0.25) is 14.7 Å². The number of benzene rings is 2. The number of hydrogen-bond acceptors (Lipinski definition) is 7. The third-order valence-electron chi connectivity index (χ3n) is 7.19. The zero-order chi connectivity index (χ0) is 30.5. The molecule has 0 bridgehead atoms. The van der Waals surface area contributed by atoms with Crippen molar-refractivity contribution in [1.82, 2.24) is 24.5 Å². The molecule has 0 unspecified atom stereocenters. The van der Waals surface area contributed by atoms with Crippen LogP contribution in [0.1, 0.15) is 11.5 Å². The predicted octanol–water partition coefficient (Wildman–Crippen LogP) is 5.30. The fraction of sp³-hybridized carbons (Fsp3) is 0.241. The van der Waals surface area contributed by atoms with Gasteiger partial charge in [0.25, 0.3) is 0 Å². The van der Waals surface area contributed by atoms with Gasteiger partial charge in [-0.25, -0.2) is 19.0 Å². The summed E-state index contributed by atoms with van der Waals surface area (Å²) in [7, 11) is 0. The maximum Gasteiger partial charge on any atom is 0.433 e. The smallest absolute Gasteiger partial charge is 0.433 e. The fourth-order valence-electron chi connectivity index (χ4n) is 5.27. The van der Waals surface area contributed by atoms with Crippen LogP contribution in [0.5, 0.6) is 11.6 Å². The number of carbonyl (C=O) groups is 1. The third-order valence-corrected chi connectivity index (χ3v) is 7.50. The van der Waals surface area contributed by atoms with Gasteiger partial charge in [0.2, 0.25) is 11.8 Å². The van der Waals surface area contributed by atoms with E-state index in [9.17, 15) is 18.0 Å². The lowest BCUT2D eigenvalue weighted by molar-refractivity contribution is -0.141. The van der Waals surface area contributed by atoms with Crippen molar-refractivity contribution in [3.63, 3.8) is 0 Å². The minimum Gasteiger partial charge on any atom is -0.439 e.